The largest absolute Gasteiger partial charge is 0.480 e. The number of carbonyl (C=O) groups is 2. The first-order valence-electron chi connectivity index (χ1n) is 7.00. The van der Waals surface area contributed by atoms with Gasteiger partial charge in [0.2, 0.25) is 5.91 Å². The number of aliphatic carboxylic acids is 1. The zero-order valence-electron chi connectivity index (χ0n) is 12.1. The van der Waals surface area contributed by atoms with E-state index in [0.29, 0.717) is 6.42 Å². The summed E-state index contributed by atoms with van der Waals surface area (Å²) in [5.41, 5.74) is 1.21. The Bertz CT molecular complexity index is 540. The van der Waals surface area contributed by atoms with Crippen LogP contribution in [0.15, 0.2) is 24.3 Å². The van der Waals surface area contributed by atoms with E-state index in [1.165, 1.54) is 11.1 Å². The van der Waals surface area contributed by atoms with Crippen molar-refractivity contribution in [2.45, 2.75) is 45.1 Å². The molecule has 1 aliphatic carbocycles. The molecule has 4 nitrogen and oxygen atoms in total. The van der Waals surface area contributed by atoms with Gasteiger partial charge in [-0.05, 0) is 43.7 Å². The summed E-state index contributed by atoms with van der Waals surface area (Å²) in [7, 11) is 0. The summed E-state index contributed by atoms with van der Waals surface area (Å²) in [6.45, 7) is 5.36. The second-order valence-electron chi connectivity index (χ2n) is 5.79. The summed E-state index contributed by atoms with van der Waals surface area (Å²) in [4.78, 5) is 23.4. The topological polar surface area (TPSA) is 66.4 Å². The Balaban J connectivity index is 2.04. The number of carboxylic acid groups (broad SMARTS) is 1. The standard InChI is InChI=1S/C16H21NO3/c1-4-16(3,15(19)20)17-14(18)13-9-12(13)11-8-6-5-7-10(11)2/h5-8,12-13H,4,9H2,1-3H3,(H,17,18)(H,19,20). The lowest BCUT2D eigenvalue weighted by atomic mass is 9.98. The molecule has 0 spiro atoms. The van der Waals surface area contributed by atoms with Crippen molar-refractivity contribution in [2.24, 2.45) is 5.92 Å². The Hall–Kier alpha value is -1.84. The number of amides is 1. The number of rotatable bonds is 5. The maximum atomic E-state index is 12.2. The van der Waals surface area contributed by atoms with Crippen LogP contribution in [0.2, 0.25) is 0 Å². The molecule has 2 N–H and O–H groups in total. The van der Waals surface area contributed by atoms with Crippen molar-refractivity contribution in [2.75, 3.05) is 0 Å². The minimum Gasteiger partial charge on any atom is -0.480 e. The van der Waals surface area contributed by atoms with Crippen molar-refractivity contribution in [1.29, 1.82) is 0 Å². The van der Waals surface area contributed by atoms with Crippen LogP contribution in [0.4, 0.5) is 0 Å². The summed E-state index contributed by atoms with van der Waals surface area (Å²) < 4.78 is 0. The van der Waals surface area contributed by atoms with Gasteiger partial charge in [-0.3, -0.25) is 4.79 Å². The number of carboxylic acids is 1. The van der Waals surface area contributed by atoms with Crippen molar-refractivity contribution in [1.82, 2.24) is 5.32 Å². The van der Waals surface area contributed by atoms with Crippen molar-refractivity contribution in [3.63, 3.8) is 0 Å². The van der Waals surface area contributed by atoms with E-state index < -0.39 is 11.5 Å². The molecule has 2 rings (SSSR count). The van der Waals surface area contributed by atoms with Crippen molar-refractivity contribution >= 4 is 11.9 Å². The maximum Gasteiger partial charge on any atom is 0.329 e. The van der Waals surface area contributed by atoms with E-state index in [1.807, 2.05) is 31.2 Å². The van der Waals surface area contributed by atoms with Gasteiger partial charge in [0, 0.05) is 5.92 Å². The fraction of sp³-hybridized carbons (Fsp3) is 0.500. The molecule has 4 heteroatoms. The third kappa shape index (κ3) is 2.69. The van der Waals surface area contributed by atoms with Gasteiger partial charge in [0.25, 0.3) is 0 Å². The molecule has 0 aromatic heterocycles. The number of benzene rings is 1. The third-order valence-electron chi connectivity index (χ3n) is 4.29. The summed E-state index contributed by atoms with van der Waals surface area (Å²) in [6.07, 6.45) is 1.17. The van der Waals surface area contributed by atoms with Gasteiger partial charge in [-0.25, -0.2) is 4.79 Å². The first kappa shape index (κ1) is 14.6. The van der Waals surface area contributed by atoms with Gasteiger partial charge < -0.3 is 10.4 Å². The van der Waals surface area contributed by atoms with Gasteiger partial charge >= 0.3 is 5.97 Å². The second-order valence-corrected chi connectivity index (χ2v) is 5.79. The van der Waals surface area contributed by atoms with Crippen molar-refractivity contribution < 1.29 is 14.7 Å². The van der Waals surface area contributed by atoms with Crippen LogP contribution in [0.1, 0.15) is 43.7 Å². The molecular weight excluding hydrogens is 254 g/mol. The van der Waals surface area contributed by atoms with E-state index in [9.17, 15) is 14.7 Å². The molecule has 20 heavy (non-hydrogen) atoms. The Kier molecular flexibility index (Phi) is 3.84. The minimum atomic E-state index is -1.17. The second kappa shape index (κ2) is 5.27. The highest BCUT2D eigenvalue weighted by atomic mass is 16.4. The number of hydrogen-bond donors (Lipinski definition) is 2. The molecular formula is C16H21NO3. The molecule has 1 aromatic rings. The lowest BCUT2D eigenvalue weighted by Crippen LogP contribution is -2.52. The van der Waals surface area contributed by atoms with Gasteiger partial charge in [-0.2, -0.15) is 0 Å². The van der Waals surface area contributed by atoms with Gasteiger partial charge in [0.1, 0.15) is 5.54 Å². The Morgan fingerprint density at radius 1 is 1.40 bits per heavy atom. The van der Waals surface area contributed by atoms with E-state index >= 15 is 0 Å². The molecule has 0 radical (unpaired) electrons. The highest BCUT2D eigenvalue weighted by molar-refractivity contribution is 5.89. The first-order chi connectivity index (χ1) is 9.39. The summed E-state index contributed by atoms with van der Waals surface area (Å²) in [6, 6.07) is 8.04. The number of hydrogen-bond acceptors (Lipinski definition) is 2. The predicted octanol–water partition coefficient (Wildman–Crippen LogP) is 2.47. The molecule has 0 bridgehead atoms. The average molecular weight is 275 g/mol. The van der Waals surface area contributed by atoms with Crippen LogP contribution in [-0.4, -0.2) is 22.5 Å². The number of nitrogens with one attached hydrogen (secondary N) is 1. The van der Waals surface area contributed by atoms with E-state index in [1.54, 1.807) is 13.8 Å². The Morgan fingerprint density at radius 2 is 2.05 bits per heavy atom. The van der Waals surface area contributed by atoms with Crippen LogP contribution >= 0.6 is 0 Å². The molecule has 1 amide bonds. The normalized spacial score (nSPS) is 23.8. The van der Waals surface area contributed by atoms with Crippen LogP contribution in [-0.2, 0) is 9.59 Å². The third-order valence-corrected chi connectivity index (χ3v) is 4.29. The molecule has 3 atom stereocenters. The van der Waals surface area contributed by atoms with Crippen LogP contribution in [0.5, 0.6) is 0 Å². The number of aryl methyl sites for hydroxylation is 1. The summed E-state index contributed by atoms with van der Waals surface area (Å²) in [5.74, 6) is -1.00. The Labute approximate surface area is 119 Å². The van der Waals surface area contributed by atoms with Gasteiger partial charge in [-0.15, -0.1) is 0 Å². The minimum absolute atomic E-state index is 0.0960. The van der Waals surface area contributed by atoms with Crippen molar-refractivity contribution in [3.05, 3.63) is 35.4 Å². The highest BCUT2D eigenvalue weighted by Gasteiger charge is 2.47. The lowest BCUT2D eigenvalue weighted by Gasteiger charge is -2.24. The zero-order chi connectivity index (χ0) is 14.9. The molecule has 1 saturated carbocycles. The SMILES string of the molecule is CCC(C)(NC(=O)C1CC1c1ccccc1C)C(=O)O. The molecule has 1 aromatic carbocycles. The molecule has 108 valence electrons. The Morgan fingerprint density at radius 3 is 2.60 bits per heavy atom. The van der Waals surface area contributed by atoms with Crippen LogP contribution in [0.3, 0.4) is 0 Å². The first-order valence-corrected chi connectivity index (χ1v) is 7.00. The fourth-order valence-corrected chi connectivity index (χ4v) is 2.49. The summed E-state index contributed by atoms with van der Waals surface area (Å²) in [5, 5.41) is 11.9. The van der Waals surface area contributed by atoms with Crippen LogP contribution < -0.4 is 5.32 Å². The monoisotopic (exact) mass is 275 g/mol. The summed E-state index contributed by atoms with van der Waals surface area (Å²) >= 11 is 0. The number of carbonyl (C=O) groups excluding carboxylic acids is 1. The van der Waals surface area contributed by atoms with Crippen LogP contribution in [0, 0.1) is 12.8 Å². The lowest BCUT2D eigenvalue weighted by molar-refractivity contribution is -0.147. The molecule has 0 aliphatic heterocycles. The van der Waals surface area contributed by atoms with Gasteiger partial charge in [0.15, 0.2) is 0 Å². The molecule has 1 fully saturated rings. The van der Waals surface area contributed by atoms with E-state index in [-0.39, 0.29) is 17.7 Å². The van der Waals surface area contributed by atoms with Crippen LogP contribution in [0.25, 0.3) is 0 Å². The fourth-order valence-electron chi connectivity index (χ4n) is 2.49. The average Bonchev–Trinajstić information content (AvgIpc) is 3.19. The van der Waals surface area contributed by atoms with Gasteiger partial charge in [0.05, 0.1) is 0 Å². The highest BCUT2D eigenvalue weighted by Crippen LogP contribution is 2.48. The van der Waals surface area contributed by atoms with Gasteiger partial charge in [-0.1, -0.05) is 31.2 Å². The molecule has 3 unspecified atom stereocenters. The molecule has 0 saturated heterocycles. The molecule has 0 heterocycles. The molecule has 1 aliphatic rings. The zero-order valence-corrected chi connectivity index (χ0v) is 12.1. The van der Waals surface area contributed by atoms with Crippen molar-refractivity contribution in [3.8, 4) is 0 Å². The predicted molar refractivity (Wildman–Crippen MR) is 76.5 cm³/mol. The maximum absolute atomic E-state index is 12.2. The smallest absolute Gasteiger partial charge is 0.329 e. The van der Waals surface area contributed by atoms with E-state index in [0.717, 1.165) is 6.42 Å². The quantitative estimate of drug-likeness (QED) is 0.867. The van der Waals surface area contributed by atoms with E-state index in [2.05, 4.69) is 5.32 Å². The van der Waals surface area contributed by atoms with E-state index in [4.69, 9.17) is 0 Å².